The molecular formula is C12H24O4. The van der Waals surface area contributed by atoms with Crippen molar-refractivity contribution in [1.29, 1.82) is 0 Å². The molecule has 0 bridgehead atoms. The van der Waals surface area contributed by atoms with Gasteiger partial charge in [0.1, 0.15) is 5.60 Å². The Labute approximate surface area is 96.9 Å². The average Bonchev–Trinajstić information content (AvgIpc) is 2.22. The van der Waals surface area contributed by atoms with E-state index in [1.807, 2.05) is 0 Å². The van der Waals surface area contributed by atoms with Gasteiger partial charge in [0.15, 0.2) is 0 Å². The lowest BCUT2D eigenvalue weighted by atomic mass is 9.41. The van der Waals surface area contributed by atoms with Crippen LogP contribution in [0.5, 0.6) is 0 Å². The molecule has 16 heavy (non-hydrogen) atoms. The van der Waals surface area contributed by atoms with Gasteiger partial charge in [-0.1, -0.05) is 27.7 Å². The first kappa shape index (κ1) is 13.9. The SMILES string of the molecule is CC1(C)C(O)C(C)(C)C1(O)C(O)CCCO. The molecule has 1 atom stereocenters. The summed E-state index contributed by atoms with van der Waals surface area (Å²) in [6, 6.07) is 0. The molecule has 1 unspecified atom stereocenters. The molecule has 0 aromatic heterocycles. The largest absolute Gasteiger partial charge is 0.396 e. The van der Waals surface area contributed by atoms with Crippen LogP contribution in [-0.2, 0) is 0 Å². The summed E-state index contributed by atoms with van der Waals surface area (Å²) in [6.07, 6.45) is -0.778. The van der Waals surface area contributed by atoms with E-state index in [-0.39, 0.29) is 6.61 Å². The number of hydrogen-bond donors (Lipinski definition) is 4. The van der Waals surface area contributed by atoms with E-state index in [0.29, 0.717) is 12.8 Å². The van der Waals surface area contributed by atoms with E-state index in [1.165, 1.54) is 0 Å². The van der Waals surface area contributed by atoms with Crippen LogP contribution in [0, 0.1) is 10.8 Å². The molecule has 0 spiro atoms. The molecule has 0 saturated heterocycles. The van der Waals surface area contributed by atoms with Crippen LogP contribution >= 0.6 is 0 Å². The molecule has 0 radical (unpaired) electrons. The van der Waals surface area contributed by atoms with E-state index < -0.39 is 28.6 Å². The Morgan fingerprint density at radius 3 is 1.94 bits per heavy atom. The second kappa shape index (κ2) is 3.95. The van der Waals surface area contributed by atoms with E-state index in [9.17, 15) is 15.3 Å². The minimum absolute atomic E-state index is 0.00342. The van der Waals surface area contributed by atoms with Crippen LogP contribution in [0.25, 0.3) is 0 Å². The summed E-state index contributed by atoms with van der Waals surface area (Å²) in [6.45, 7) is 7.02. The first-order valence-electron chi connectivity index (χ1n) is 5.83. The Kier molecular flexibility index (Phi) is 3.43. The van der Waals surface area contributed by atoms with Crippen LogP contribution in [0.4, 0.5) is 0 Å². The monoisotopic (exact) mass is 232 g/mol. The molecule has 1 fully saturated rings. The van der Waals surface area contributed by atoms with Crippen molar-refractivity contribution in [3.05, 3.63) is 0 Å². The average molecular weight is 232 g/mol. The zero-order valence-corrected chi connectivity index (χ0v) is 10.6. The van der Waals surface area contributed by atoms with Gasteiger partial charge in [-0.3, -0.25) is 0 Å². The zero-order chi connectivity index (χ0) is 12.8. The van der Waals surface area contributed by atoms with Gasteiger partial charge < -0.3 is 20.4 Å². The predicted molar refractivity (Wildman–Crippen MR) is 60.8 cm³/mol. The fraction of sp³-hybridized carbons (Fsp3) is 1.00. The highest BCUT2D eigenvalue weighted by atomic mass is 16.4. The molecule has 0 aliphatic heterocycles. The zero-order valence-electron chi connectivity index (χ0n) is 10.6. The van der Waals surface area contributed by atoms with Gasteiger partial charge in [-0.25, -0.2) is 0 Å². The molecule has 0 heterocycles. The molecule has 0 aromatic carbocycles. The first-order valence-corrected chi connectivity index (χ1v) is 5.83. The van der Waals surface area contributed by atoms with Gasteiger partial charge in [-0.15, -0.1) is 0 Å². The van der Waals surface area contributed by atoms with Crippen molar-refractivity contribution in [2.24, 2.45) is 10.8 Å². The molecule has 1 aliphatic rings. The Balaban J connectivity index is 2.90. The number of rotatable bonds is 4. The lowest BCUT2D eigenvalue weighted by Gasteiger charge is -2.69. The minimum atomic E-state index is -1.31. The smallest absolute Gasteiger partial charge is 0.106 e. The second-order valence-electron chi connectivity index (χ2n) is 5.99. The standard InChI is InChI=1S/C12H24O4/c1-10(2)9(15)11(3,4)12(10,16)8(14)6-5-7-13/h8-9,13-16H,5-7H2,1-4H3. The molecule has 4 heteroatoms. The summed E-state index contributed by atoms with van der Waals surface area (Å²) in [5.41, 5.74) is -2.77. The number of hydrogen-bond acceptors (Lipinski definition) is 4. The summed E-state index contributed by atoms with van der Waals surface area (Å²) >= 11 is 0. The quantitative estimate of drug-likeness (QED) is 0.561. The van der Waals surface area contributed by atoms with Gasteiger partial charge in [-0.05, 0) is 12.8 Å². The highest BCUT2D eigenvalue weighted by molar-refractivity contribution is 5.23. The van der Waals surface area contributed by atoms with Crippen LogP contribution < -0.4 is 0 Å². The van der Waals surface area contributed by atoms with Crippen molar-refractivity contribution in [2.75, 3.05) is 6.61 Å². The van der Waals surface area contributed by atoms with E-state index in [0.717, 1.165) is 0 Å². The molecule has 4 N–H and O–H groups in total. The maximum Gasteiger partial charge on any atom is 0.106 e. The van der Waals surface area contributed by atoms with E-state index >= 15 is 0 Å². The van der Waals surface area contributed by atoms with Gasteiger partial charge in [-0.2, -0.15) is 0 Å². The normalized spacial score (nSPS) is 37.9. The summed E-state index contributed by atoms with van der Waals surface area (Å²) in [5, 5.41) is 39.5. The van der Waals surface area contributed by atoms with Crippen LogP contribution in [0.15, 0.2) is 0 Å². The summed E-state index contributed by atoms with van der Waals surface area (Å²) in [5.74, 6) is 0. The fourth-order valence-corrected chi connectivity index (χ4v) is 3.42. The molecule has 4 nitrogen and oxygen atoms in total. The Morgan fingerprint density at radius 1 is 1.12 bits per heavy atom. The van der Waals surface area contributed by atoms with Crippen LogP contribution in [0.3, 0.4) is 0 Å². The van der Waals surface area contributed by atoms with E-state index in [1.54, 1.807) is 27.7 Å². The Hall–Kier alpha value is -0.160. The van der Waals surface area contributed by atoms with Gasteiger partial charge in [0, 0.05) is 17.4 Å². The Bertz CT molecular complexity index is 244. The molecular weight excluding hydrogens is 208 g/mol. The third kappa shape index (κ3) is 1.44. The summed E-state index contributed by atoms with van der Waals surface area (Å²) in [7, 11) is 0. The highest BCUT2D eigenvalue weighted by Crippen LogP contribution is 2.63. The molecule has 96 valence electrons. The number of aliphatic hydroxyl groups is 4. The lowest BCUT2D eigenvalue weighted by molar-refractivity contribution is -0.350. The molecule has 1 aliphatic carbocycles. The second-order valence-corrected chi connectivity index (χ2v) is 5.99. The third-order valence-electron chi connectivity index (χ3n) is 4.45. The maximum atomic E-state index is 10.6. The van der Waals surface area contributed by atoms with Crippen LogP contribution in [-0.4, -0.2) is 44.8 Å². The Morgan fingerprint density at radius 2 is 1.56 bits per heavy atom. The first-order chi connectivity index (χ1) is 7.14. The predicted octanol–water partition coefficient (Wildman–Crippen LogP) is 0.278. The van der Waals surface area contributed by atoms with Crippen molar-refractivity contribution >= 4 is 0 Å². The van der Waals surface area contributed by atoms with Crippen LogP contribution in [0.2, 0.25) is 0 Å². The van der Waals surface area contributed by atoms with Crippen molar-refractivity contribution < 1.29 is 20.4 Å². The molecule has 1 rings (SSSR count). The molecule has 0 amide bonds. The summed E-state index contributed by atoms with van der Waals surface area (Å²) < 4.78 is 0. The van der Waals surface area contributed by atoms with Crippen molar-refractivity contribution in [2.45, 2.75) is 58.3 Å². The topological polar surface area (TPSA) is 80.9 Å². The van der Waals surface area contributed by atoms with Gasteiger partial charge in [0.25, 0.3) is 0 Å². The van der Waals surface area contributed by atoms with Gasteiger partial charge in [0.2, 0.25) is 0 Å². The van der Waals surface area contributed by atoms with Gasteiger partial charge >= 0.3 is 0 Å². The lowest BCUT2D eigenvalue weighted by Crippen LogP contribution is -2.80. The van der Waals surface area contributed by atoms with E-state index in [2.05, 4.69) is 0 Å². The number of aliphatic hydroxyl groups excluding tert-OH is 3. The van der Waals surface area contributed by atoms with Crippen molar-refractivity contribution in [1.82, 2.24) is 0 Å². The minimum Gasteiger partial charge on any atom is -0.396 e. The molecule has 0 aromatic rings. The highest BCUT2D eigenvalue weighted by Gasteiger charge is 2.73. The van der Waals surface area contributed by atoms with E-state index in [4.69, 9.17) is 5.11 Å². The van der Waals surface area contributed by atoms with Gasteiger partial charge in [0.05, 0.1) is 12.2 Å². The fourth-order valence-electron chi connectivity index (χ4n) is 3.42. The van der Waals surface area contributed by atoms with Crippen molar-refractivity contribution in [3.63, 3.8) is 0 Å². The van der Waals surface area contributed by atoms with Crippen molar-refractivity contribution in [3.8, 4) is 0 Å². The molecule has 1 saturated carbocycles. The summed E-state index contributed by atoms with van der Waals surface area (Å²) in [4.78, 5) is 0. The maximum absolute atomic E-state index is 10.6. The van der Waals surface area contributed by atoms with Crippen LogP contribution in [0.1, 0.15) is 40.5 Å². The third-order valence-corrected chi connectivity index (χ3v) is 4.45.